The molecule has 3 aromatic rings. The van der Waals surface area contributed by atoms with Gasteiger partial charge in [-0.05, 0) is 30.9 Å². The fraction of sp³-hybridized carbons (Fsp3) is 0.278. The third-order valence-corrected chi connectivity index (χ3v) is 7.14. The van der Waals surface area contributed by atoms with Gasteiger partial charge in [0.15, 0.2) is 0 Å². The molecule has 1 unspecified atom stereocenters. The second-order valence-corrected chi connectivity index (χ2v) is 8.73. The maximum Gasteiger partial charge on any atom is 0.306 e. The molecule has 28 heavy (non-hydrogen) atoms. The van der Waals surface area contributed by atoms with Crippen molar-refractivity contribution in [3.63, 3.8) is 0 Å². The SMILES string of the molecule is COc1cc2c(cc1Nc1ncnc3sc4c(c13)CCC(C(=O)O)C4)S[NH2+]N2. The first kappa shape index (κ1) is 17.5. The molecular weight excluding hydrogens is 398 g/mol. The van der Waals surface area contributed by atoms with E-state index >= 15 is 0 Å². The van der Waals surface area contributed by atoms with Crippen LogP contribution in [0.25, 0.3) is 10.2 Å². The summed E-state index contributed by atoms with van der Waals surface area (Å²) in [5.74, 6) is 0.416. The van der Waals surface area contributed by atoms with Crippen molar-refractivity contribution in [2.75, 3.05) is 17.9 Å². The highest BCUT2D eigenvalue weighted by Gasteiger charge is 2.29. The van der Waals surface area contributed by atoms with Gasteiger partial charge in [-0.25, -0.2) is 15.4 Å². The Kier molecular flexibility index (Phi) is 4.26. The van der Waals surface area contributed by atoms with Gasteiger partial charge in [-0.1, -0.05) is 0 Å². The fourth-order valence-corrected chi connectivity index (χ4v) is 5.75. The third kappa shape index (κ3) is 2.84. The molecule has 144 valence electrons. The van der Waals surface area contributed by atoms with Crippen LogP contribution in [0.5, 0.6) is 5.75 Å². The van der Waals surface area contributed by atoms with Crippen LogP contribution in [0, 0.1) is 5.92 Å². The number of hydrogen-bond acceptors (Lipinski definition) is 8. The van der Waals surface area contributed by atoms with Gasteiger partial charge in [-0.3, -0.25) is 4.79 Å². The molecule has 0 saturated heterocycles. The number of nitrogens with zero attached hydrogens (tertiary/aromatic N) is 2. The van der Waals surface area contributed by atoms with E-state index in [2.05, 4.69) is 20.7 Å². The van der Waals surface area contributed by atoms with Crippen LogP contribution in [-0.4, -0.2) is 28.2 Å². The number of hydrogen-bond donors (Lipinski definition) is 4. The Labute approximate surface area is 168 Å². The number of aliphatic carboxylic acids is 1. The summed E-state index contributed by atoms with van der Waals surface area (Å²) in [5.41, 5.74) is 6.23. The lowest BCUT2D eigenvalue weighted by molar-refractivity contribution is -0.438. The van der Waals surface area contributed by atoms with Gasteiger partial charge in [0, 0.05) is 10.9 Å². The highest BCUT2D eigenvalue weighted by atomic mass is 32.2. The molecule has 1 aromatic carbocycles. The number of quaternary nitrogens is 1. The number of nitrogen functional groups attached to an aromatic ring is 1. The number of anilines is 3. The molecule has 0 amide bonds. The van der Waals surface area contributed by atoms with Crippen molar-refractivity contribution in [1.29, 1.82) is 0 Å². The number of nitrogens with one attached hydrogen (secondary N) is 2. The van der Waals surface area contributed by atoms with Crippen LogP contribution in [0.1, 0.15) is 16.9 Å². The molecular formula is C18H18N5O3S2+. The molecule has 0 spiro atoms. The second-order valence-electron chi connectivity index (χ2n) is 6.74. The molecule has 0 saturated carbocycles. The lowest BCUT2D eigenvalue weighted by Gasteiger charge is -2.19. The minimum atomic E-state index is -0.724. The van der Waals surface area contributed by atoms with Crippen LogP contribution < -0.4 is 20.3 Å². The fourth-order valence-electron chi connectivity index (χ4n) is 3.74. The minimum Gasteiger partial charge on any atom is -0.494 e. The third-order valence-electron chi connectivity index (χ3n) is 5.15. The number of carboxylic acids is 1. The maximum atomic E-state index is 11.4. The van der Waals surface area contributed by atoms with Crippen molar-refractivity contribution >= 4 is 56.7 Å². The van der Waals surface area contributed by atoms with Crippen LogP contribution in [-0.2, 0) is 17.6 Å². The molecule has 8 nitrogen and oxygen atoms in total. The quantitative estimate of drug-likeness (QED) is 0.379. The highest BCUT2D eigenvalue weighted by Crippen LogP contribution is 2.42. The Bertz CT molecular complexity index is 1100. The van der Waals surface area contributed by atoms with Gasteiger partial charge in [0.1, 0.15) is 40.4 Å². The van der Waals surface area contributed by atoms with E-state index < -0.39 is 5.97 Å². The molecule has 2 aliphatic rings. The zero-order chi connectivity index (χ0) is 19.3. The molecule has 0 bridgehead atoms. The van der Waals surface area contributed by atoms with E-state index in [1.165, 1.54) is 5.56 Å². The number of rotatable bonds is 4. The zero-order valence-corrected chi connectivity index (χ0v) is 16.6. The molecule has 1 aliphatic heterocycles. The van der Waals surface area contributed by atoms with Crippen LogP contribution in [0.2, 0.25) is 0 Å². The number of fused-ring (bicyclic) bond motifs is 4. The van der Waals surface area contributed by atoms with Crippen LogP contribution in [0.4, 0.5) is 17.2 Å². The predicted octanol–water partition coefficient (Wildman–Crippen LogP) is 2.54. The first-order valence-electron chi connectivity index (χ1n) is 8.86. The minimum absolute atomic E-state index is 0.317. The van der Waals surface area contributed by atoms with Crippen molar-refractivity contribution in [2.45, 2.75) is 24.2 Å². The molecule has 0 radical (unpaired) electrons. The lowest BCUT2D eigenvalue weighted by atomic mass is 9.88. The Balaban J connectivity index is 1.57. The summed E-state index contributed by atoms with van der Waals surface area (Å²) in [4.78, 5) is 25.4. The van der Waals surface area contributed by atoms with Crippen LogP contribution in [0.15, 0.2) is 23.4 Å². The Morgan fingerprint density at radius 1 is 1.43 bits per heavy atom. The van der Waals surface area contributed by atoms with Crippen molar-refractivity contribution in [1.82, 2.24) is 9.97 Å². The summed E-state index contributed by atoms with van der Waals surface area (Å²) in [7, 11) is 1.65. The molecule has 1 atom stereocenters. The summed E-state index contributed by atoms with van der Waals surface area (Å²) >= 11 is 3.20. The molecule has 5 N–H and O–H groups in total. The van der Waals surface area contributed by atoms with E-state index in [0.717, 1.165) is 49.4 Å². The van der Waals surface area contributed by atoms with Gasteiger partial charge < -0.3 is 15.2 Å². The standard InChI is InChI=1S/C18H17N5O3S2/c1-26-12-5-11-14(28-23-22-11)6-10(12)21-16-15-9-3-2-8(18(24)25)4-13(9)27-17(15)20-7-19-16/h5-8,22-23H,2-4H2,1H3,(H,24,25)(H,19,20,21)/p+1. The van der Waals surface area contributed by atoms with Crippen molar-refractivity contribution in [3.8, 4) is 5.75 Å². The summed E-state index contributed by atoms with van der Waals surface area (Å²) < 4.78 is 5.56. The molecule has 10 heteroatoms. The summed E-state index contributed by atoms with van der Waals surface area (Å²) in [6, 6.07) is 4.01. The number of methoxy groups -OCH3 is 1. The normalized spacial score (nSPS) is 17.7. The molecule has 5 rings (SSSR count). The number of nitrogens with two attached hydrogens (primary N) is 1. The number of thiophene rings is 1. The first-order chi connectivity index (χ1) is 13.6. The van der Waals surface area contributed by atoms with E-state index in [-0.39, 0.29) is 5.92 Å². The maximum absolute atomic E-state index is 11.4. The van der Waals surface area contributed by atoms with E-state index in [0.29, 0.717) is 12.8 Å². The first-order valence-corrected chi connectivity index (χ1v) is 10.6. The average Bonchev–Trinajstić information content (AvgIpc) is 3.30. The molecule has 3 heterocycles. The lowest BCUT2D eigenvalue weighted by Crippen LogP contribution is -2.77. The highest BCUT2D eigenvalue weighted by molar-refractivity contribution is 7.93. The second kappa shape index (κ2) is 6.80. The molecule has 0 fully saturated rings. The largest absolute Gasteiger partial charge is 0.494 e. The summed E-state index contributed by atoms with van der Waals surface area (Å²) in [6.45, 7) is 0. The predicted molar refractivity (Wildman–Crippen MR) is 108 cm³/mol. The zero-order valence-electron chi connectivity index (χ0n) is 15.0. The average molecular weight is 417 g/mol. The van der Waals surface area contributed by atoms with Crippen molar-refractivity contribution in [3.05, 3.63) is 28.9 Å². The number of aryl methyl sites for hydroxylation is 1. The van der Waals surface area contributed by atoms with Gasteiger partial charge in [0.05, 0.1) is 29.0 Å². The Morgan fingerprint density at radius 3 is 3.14 bits per heavy atom. The van der Waals surface area contributed by atoms with E-state index in [4.69, 9.17) is 4.74 Å². The Morgan fingerprint density at radius 2 is 2.32 bits per heavy atom. The van der Waals surface area contributed by atoms with Gasteiger partial charge in [-0.15, -0.1) is 11.3 Å². The number of carbonyl (C=O) groups is 1. The Hall–Kier alpha value is -2.56. The van der Waals surface area contributed by atoms with Gasteiger partial charge in [0.2, 0.25) is 0 Å². The van der Waals surface area contributed by atoms with E-state index in [1.54, 1.807) is 36.7 Å². The van der Waals surface area contributed by atoms with Crippen LogP contribution >= 0.6 is 23.3 Å². The van der Waals surface area contributed by atoms with Crippen molar-refractivity contribution in [2.24, 2.45) is 5.92 Å². The molecule has 1 aliphatic carbocycles. The number of aromatic nitrogens is 2. The van der Waals surface area contributed by atoms with E-state index in [1.807, 2.05) is 17.0 Å². The number of carboxylic acid groups (broad SMARTS) is 1. The summed E-state index contributed by atoms with van der Waals surface area (Å²) in [6.07, 6.45) is 3.48. The smallest absolute Gasteiger partial charge is 0.306 e. The van der Waals surface area contributed by atoms with Crippen molar-refractivity contribution < 1.29 is 19.5 Å². The van der Waals surface area contributed by atoms with Crippen LogP contribution in [0.3, 0.4) is 0 Å². The van der Waals surface area contributed by atoms with E-state index in [9.17, 15) is 9.90 Å². The molecule has 2 aromatic heterocycles. The number of benzene rings is 1. The van der Waals surface area contributed by atoms with Gasteiger partial charge in [0.25, 0.3) is 0 Å². The monoisotopic (exact) mass is 416 g/mol. The van der Waals surface area contributed by atoms with Gasteiger partial charge >= 0.3 is 5.97 Å². The topological polar surface area (TPSA) is 113 Å². The summed E-state index contributed by atoms with van der Waals surface area (Å²) in [5, 5.41) is 13.8. The van der Waals surface area contributed by atoms with Gasteiger partial charge in [-0.2, -0.15) is 4.83 Å². The number of ether oxygens (including phenoxy) is 1.